The van der Waals surface area contributed by atoms with Crippen LogP contribution in [0, 0.1) is 0 Å². The molecule has 0 spiro atoms. The molecule has 1 N–H and O–H groups in total. The fourth-order valence-electron chi connectivity index (χ4n) is 1.66. The zero-order chi connectivity index (χ0) is 12.7. The Kier molecular flexibility index (Phi) is 8.53. The van der Waals surface area contributed by atoms with Gasteiger partial charge < -0.3 is 15.0 Å². The van der Waals surface area contributed by atoms with E-state index in [0.717, 1.165) is 24.7 Å². The largest absolute Gasteiger partial charge is 0.496 e. The summed E-state index contributed by atoms with van der Waals surface area (Å²) in [6.45, 7) is 0.839. The molecule has 0 atom stereocenters. The summed E-state index contributed by atoms with van der Waals surface area (Å²) in [5.41, 5.74) is 1.21. The van der Waals surface area contributed by atoms with Crippen LogP contribution in [0.15, 0.2) is 29.3 Å². The number of nitrogens with one attached hydrogen (secondary N) is 1. The first-order valence-electron chi connectivity index (χ1n) is 5.69. The van der Waals surface area contributed by atoms with Gasteiger partial charge in [-0.05, 0) is 18.1 Å². The molecular weight excluding hydrogens is 341 g/mol. The molecule has 0 unspecified atom stereocenters. The second-order valence-corrected chi connectivity index (χ2v) is 3.93. The molecule has 1 rings (SSSR count). The van der Waals surface area contributed by atoms with Crippen LogP contribution in [0.3, 0.4) is 0 Å². The Morgan fingerprint density at radius 2 is 2.00 bits per heavy atom. The summed E-state index contributed by atoms with van der Waals surface area (Å²) < 4.78 is 5.31. The Hall–Kier alpha value is -0.980. The van der Waals surface area contributed by atoms with Crippen molar-refractivity contribution < 1.29 is 4.74 Å². The van der Waals surface area contributed by atoms with Crippen molar-refractivity contribution in [1.82, 2.24) is 10.2 Å². The number of halogens is 1. The number of benzene rings is 1. The van der Waals surface area contributed by atoms with E-state index in [4.69, 9.17) is 4.74 Å². The van der Waals surface area contributed by atoms with Crippen LogP contribution in [0.2, 0.25) is 0 Å². The molecule has 0 saturated carbocycles. The SMILES string of the molecule is CN=C(NCCc1ccccc1OC)N(C)C.I. The van der Waals surface area contributed by atoms with Crippen LogP contribution in [0.1, 0.15) is 5.56 Å². The summed E-state index contributed by atoms with van der Waals surface area (Å²) in [6.07, 6.45) is 0.914. The average molecular weight is 363 g/mol. The Bertz CT molecular complexity index is 380. The van der Waals surface area contributed by atoms with Crippen molar-refractivity contribution in [2.45, 2.75) is 6.42 Å². The molecule has 0 aromatic heterocycles. The van der Waals surface area contributed by atoms with Gasteiger partial charge in [-0.25, -0.2) is 0 Å². The first kappa shape index (κ1) is 17.0. The van der Waals surface area contributed by atoms with Crippen LogP contribution in [-0.2, 0) is 6.42 Å². The van der Waals surface area contributed by atoms with E-state index in [-0.39, 0.29) is 24.0 Å². The van der Waals surface area contributed by atoms with E-state index in [1.165, 1.54) is 5.56 Å². The second kappa shape index (κ2) is 9.02. The number of ether oxygens (including phenoxy) is 1. The zero-order valence-corrected chi connectivity index (χ0v) is 13.8. The third-order valence-electron chi connectivity index (χ3n) is 2.51. The highest BCUT2D eigenvalue weighted by atomic mass is 127. The van der Waals surface area contributed by atoms with Crippen LogP contribution in [0.25, 0.3) is 0 Å². The monoisotopic (exact) mass is 363 g/mol. The van der Waals surface area contributed by atoms with Gasteiger partial charge in [-0.2, -0.15) is 0 Å². The Morgan fingerprint density at radius 1 is 1.33 bits per heavy atom. The highest BCUT2D eigenvalue weighted by molar-refractivity contribution is 14.0. The van der Waals surface area contributed by atoms with E-state index in [0.29, 0.717) is 0 Å². The quantitative estimate of drug-likeness (QED) is 0.505. The summed E-state index contributed by atoms with van der Waals surface area (Å²) in [6, 6.07) is 8.07. The summed E-state index contributed by atoms with van der Waals surface area (Å²) in [7, 11) is 7.42. The molecule has 5 heteroatoms. The third-order valence-corrected chi connectivity index (χ3v) is 2.51. The van der Waals surface area contributed by atoms with Crippen LogP contribution in [0.5, 0.6) is 5.75 Å². The van der Waals surface area contributed by atoms with Gasteiger partial charge in [0.2, 0.25) is 0 Å². The van der Waals surface area contributed by atoms with Crippen molar-refractivity contribution in [3.05, 3.63) is 29.8 Å². The minimum absolute atomic E-state index is 0. The van der Waals surface area contributed by atoms with Gasteiger partial charge in [-0.15, -0.1) is 24.0 Å². The van der Waals surface area contributed by atoms with Crippen LogP contribution < -0.4 is 10.1 Å². The molecule has 102 valence electrons. The number of rotatable bonds is 4. The van der Waals surface area contributed by atoms with Crippen molar-refractivity contribution >= 4 is 29.9 Å². The highest BCUT2D eigenvalue weighted by Crippen LogP contribution is 2.17. The smallest absolute Gasteiger partial charge is 0.193 e. The summed E-state index contributed by atoms with van der Waals surface area (Å²) in [5.74, 6) is 1.83. The fourth-order valence-corrected chi connectivity index (χ4v) is 1.66. The van der Waals surface area contributed by atoms with Crippen LogP contribution in [0.4, 0.5) is 0 Å². The van der Waals surface area contributed by atoms with E-state index in [1.54, 1.807) is 14.2 Å². The fraction of sp³-hybridized carbons (Fsp3) is 0.462. The highest BCUT2D eigenvalue weighted by Gasteiger charge is 2.03. The van der Waals surface area contributed by atoms with Crippen molar-refractivity contribution in [3.63, 3.8) is 0 Å². The number of hydrogen-bond donors (Lipinski definition) is 1. The zero-order valence-electron chi connectivity index (χ0n) is 11.4. The van der Waals surface area contributed by atoms with E-state index < -0.39 is 0 Å². The van der Waals surface area contributed by atoms with Gasteiger partial charge in [0.1, 0.15) is 5.75 Å². The molecule has 18 heavy (non-hydrogen) atoms. The molecule has 0 amide bonds. The Balaban J connectivity index is 0.00000289. The van der Waals surface area contributed by atoms with E-state index in [9.17, 15) is 0 Å². The van der Waals surface area contributed by atoms with E-state index in [1.807, 2.05) is 37.2 Å². The van der Waals surface area contributed by atoms with Gasteiger partial charge in [0, 0.05) is 27.7 Å². The second-order valence-electron chi connectivity index (χ2n) is 3.93. The number of hydrogen-bond acceptors (Lipinski definition) is 2. The number of methoxy groups -OCH3 is 1. The average Bonchev–Trinajstić information content (AvgIpc) is 2.34. The maximum Gasteiger partial charge on any atom is 0.193 e. The van der Waals surface area contributed by atoms with Crippen LogP contribution in [-0.4, -0.2) is 45.7 Å². The van der Waals surface area contributed by atoms with Crippen molar-refractivity contribution in [3.8, 4) is 5.75 Å². The molecule has 0 heterocycles. The summed E-state index contributed by atoms with van der Waals surface area (Å²) in [5, 5.41) is 3.29. The molecule has 1 aromatic carbocycles. The van der Waals surface area contributed by atoms with Crippen molar-refractivity contribution in [2.75, 3.05) is 34.8 Å². The summed E-state index contributed by atoms with van der Waals surface area (Å²) in [4.78, 5) is 6.12. The van der Waals surface area contributed by atoms with Crippen LogP contribution >= 0.6 is 24.0 Å². The lowest BCUT2D eigenvalue weighted by molar-refractivity contribution is 0.409. The molecule has 0 aliphatic heterocycles. The van der Waals surface area contributed by atoms with Gasteiger partial charge in [-0.3, -0.25) is 4.99 Å². The number of para-hydroxylation sites is 1. The number of aliphatic imine (C=N–C) groups is 1. The predicted molar refractivity (Wildman–Crippen MR) is 87.2 cm³/mol. The third kappa shape index (κ3) is 5.12. The molecule has 1 aromatic rings. The lowest BCUT2D eigenvalue weighted by Crippen LogP contribution is -2.37. The minimum atomic E-state index is 0. The van der Waals surface area contributed by atoms with Gasteiger partial charge in [0.25, 0.3) is 0 Å². The molecule has 0 bridgehead atoms. The van der Waals surface area contributed by atoms with Gasteiger partial charge in [-0.1, -0.05) is 18.2 Å². The Labute approximate surface area is 126 Å². The molecule has 0 saturated heterocycles. The van der Waals surface area contributed by atoms with E-state index in [2.05, 4.69) is 16.4 Å². The number of guanidine groups is 1. The molecule has 0 fully saturated rings. The van der Waals surface area contributed by atoms with E-state index >= 15 is 0 Å². The van der Waals surface area contributed by atoms with Gasteiger partial charge in [0.15, 0.2) is 5.96 Å². The van der Waals surface area contributed by atoms with Crippen molar-refractivity contribution in [2.24, 2.45) is 4.99 Å². The van der Waals surface area contributed by atoms with Gasteiger partial charge in [0.05, 0.1) is 7.11 Å². The first-order valence-corrected chi connectivity index (χ1v) is 5.69. The minimum Gasteiger partial charge on any atom is -0.496 e. The maximum absolute atomic E-state index is 5.31. The molecule has 0 aliphatic rings. The lowest BCUT2D eigenvalue weighted by Gasteiger charge is -2.17. The number of nitrogens with zero attached hydrogens (tertiary/aromatic N) is 2. The molecular formula is C13H22IN3O. The Morgan fingerprint density at radius 3 is 2.56 bits per heavy atom. The normalized spacial score (nSPS) is 10.6. The molecule has 0 aliphatic carbocycles. The lowest BCUT2D eigenvalue weighted by atomic mass is 10.1. The summed E-state index contributed by atoms with van der Waals surface area (Å²) >= 11 is 0. The van der Waals surface area contributed by atoms with Gasteiger partial charge >= 0.3 is 0 Å². The maximum atomic E-state index is 5.31. The first-order chi connectivity index (χ1) is 8.19. The van der Waals surface area contributed by atoms with Crippen molar-refractivity contribution in [1.29, 1.82) is 0 Å². The molecule has 4 nitrogen and oxygen atoms in total. The topological polar surface area (TPSA) is 36.9 Å². The molecule has 0 radical (unpaired) electrons. The predicted octanol–water partition coefficient (Wildman–Crippen LogP) is 1.99. The standard InChI is InChI=1S/C13H21N3O.HI/c1-14-13(16(2)3)15-10-9-11-7-5-6-8-12(11)17-4;/h5-8H,9-10H2,1-4H3,(H,14,15);1H.